The third-order valence-electron chi connectivity index (χ3n) is 4.39. The van der Waals surface area contributed by atoms with Gasteiger partial charge in [0.2, 0.25) is 10.0 Å². The van der Waals surface area contributed by atoms with Gasteiger partial charge in [0.25, 0.3) is 0 Å². The molecule has 0 rings (SSSR count). The first-order valence-electron chi connectivity index (χ1n) is 9.50. The monoisotopic (exact) mass is 363 g/mol. The van der Waals surface area contributed by atoms with Gasteiger partial charge in [0, 0.05) is 13.2 Å². The normalized spacial score (nSPS) is 13.4. The second kappa shape index (κ2) is 11.5. The van der Waals surface area contributed by atoms with Crippen molar-refractivity contribution < 1.29 is 13.2 Å². The number of hydrogen-bond acceptors (Lipinski definition) is 3. The smallest absolute Gasteiger partial charge is 0.209 e. The van der Waals surface area contributed by atoms with Crippen molar-refractivity contribution in [1.29, 1.82) is 0 Å². The van der Waals surface area contributed by atoms with Crippen LogP contribution in [-0.2, 0) is 14.8 Å². The molecule has 5 heteroatoms. The first-order chi connectivity index (χ1) is 10.9. The highest BCUT2D eigenvalue weighted by atomic mass is 32.2. The summed E-state index contributed by atoms with van der Waals surface area (Å²) in [6.45, 7) is 13.1. The minimum Gasteiger partial charge on any atom is -0.381 e. The number of unbranched alkanes of at least 4 members (excludes halogenated alkanes) is 3. The number of hydrogen-bond donors (Lipinski definition) is 1. The zero-order chi connectivity index (χ0) is 18.7. The summed E-state index contributed by atoms with van der Waals surface area (Å²) in [6.07, 6.45) is 9.75. The Hall–Kier alpha value is -0.130. The summed E-state index contributed by atoms with van der Waals surface area (Å²) in [5.74, 6) is 0.103. The number of rotatable bonds is 14. The molecule has 4 nitrogen and oxygen atoms in total. The van der Waals surface area contributed by atoms with Gasteiger partial charge < -0.3 is 4.74 Å². The first kappa shape index (κ1) is 23.9. The molecule has 0 aliphatic carbocycles. The molecule has 0 atom stereocenters. The van der Waals surface area contributed by atoms with Crippen LogP contribution in [-0.4, -0.2) is 27.4 Å². The fraction of sp³-hybridized carbons (Fsp3) is 1.00. The summed E-state index contributed by atoms with van der Waals surface area (Å²) >= 11 is 0. The minimum absolute atomic E-state index is 0.103. The zero-order valence-electron chi connectivity index (χ0n) is 16.7. The van der Waals surface area contributed by atoms with Crippen molar-refractivity contribution in [2.45, 2.75) is 92.4 Å². The Labute approximate surface area is 151 Å². The second-order valence-electron chi connectivity index (χ2n) is 9.08. The molecular formula is C19H41NO3S. The van der Waals surface area contributed by atoms with Gasteiger partial charge >= 0.3 is 0 Å². The molecule has 0 saturated carbocycles. The Kier molecular flexibility index (Phi) is 11.4. The van der Waals surface area contributed by atoms with Gasteiger partial charge in [-0.1, -0.05) is 53.9 Å². The maximum absolute atomic E-state index is 10.9. The van der Waals surface area contributed by atoms with E-state index in [2.05, 4.69) is 34.6 Å². The van der Waals surface area contributed by atoms with Crippen LogP contribution in [0.2, 0.25) is 0 Å². The molecule has 0 unspecified atom stereocenters. The lowest BCUT2D eigenvalue weighted by Crippen LogP contribution is -2.17. The fourth-order valence-electron chi connectivity index (χ4n) is 2.80. The van der Waals surface area contributed by atoms with Crippen LogP contribution in [0.15, 0.2) is 0 Å². The van der Waals surface area contributed by atoms with E-state index in [1.165, 1.54) is 19.3 Å². The lowest BCUT2D eigenvalue weighted by Gasteiger charge is -2.24. The van der Waals surface area contributed by atoms with E-state index in [4.69, 9.17) is 9.88 Å². The lowest BCUT2D eigenvalue weighted by atomic mass is 9.82. The molecule has 0 saturated heterocycles. The summed E-state index contributed by atoms with van der Waals surface area (Å²) in [5, 5.41) is 5.02. The van der Waals surface area contributed by atoms with E-state index >= 15 is 0 Å². The van der Waals surface area contributed by atoms with Gasteiger partial charge in [0.15, 0.2) is 0 Å². The van der Waals surface area contributed by atoms with Crippen LogP contribution in [0.25, 0.3) is 0 Å². The standard InChI is InChI=1S/C19H41NO3S/c1-18(2,3)12-6-9-15-23-16-10-7-13-19(4,5)14-8-11-17-24(20,21)22/h6-17H2,1-5H3,(H2,20,21,22). The largest absolute Gasteiger partial charge is 0.381 e. The molecule has 0 bridgehead atoms. The van der Waals surface area contributed by atoms with Gasteiger partial charge in [-0.2, -0.15) is 0 Å². The van der Waals surface area contributed by atoms with Crippen molar-refractivity contribution in [2.24, 2.45) is 16.0 Å². The van der Waals surface area contributed by atoms with Gasteiger partial charge in [-0.25, -0.2) is 13.6 Å². The fourth-order valence-corrected chi connectivity index (χ4v) is 3.41. The third kappa shape index (κ3) is 18.2. The number of nitrogens with two attached hydrogens (primary N) is 1. The topological polar surface area (TPSA) is 69.4 Å². The highest BCUT2D eigenvalue weighted by Gasteiger charge is 2.17. The molecule has 0 fully saturated rings. The third-order valence-corrected chi connectivity index (χ3v) is 5.25. The Morgan fingerprint density at radius 2 is 1.21 bits per heavy atom. The van der Waals surface area contributed by atoms with E-state index in [9.17, 15) is 8.42 Å². The molecule has 0 aliphatic heterocycles. The Bertz CT molecular complexity index is 411. The van der Waals surface area contributed by atoms with Crippen molar-refractivity contribution in [2.75, 3.05) is 19.0 Å². The summed E-state index contributed by atoms with van der Waals surface area (Å²) in [6, 6.07) is 0. The van der Waals surface area contributed by atoms with Gasteiger partial charge in [-0.15, -0.1) is 0 Å². The van der Waals surface area contributed by atoms with Crippen LogP contribution >= 0.6 is 0 Å². The summed E-state index contributed by atoms with van der Waals surface area (Å²) < 4.78 is 27.5. The van der Waals surface area contributed by atoms with Crippen molar-refractivity contribution in [3.8, 4) is 0 Å². The highest BCUT2D eigenvalue weighted by molar-refractivity contribution is 7.89. The number of sulfonamides is 1. The minimum atomic E-state index is -3.30. The predicted octanol–water partition coefficient (Wildman–Crippen LogP) is 4.87. The zero-order valence-corrected chi connectivity index (χ0v) is 17.5. The molecule has 0 aliphatic rings. The molecule has 146 valence electrons. The molecule has 0 aromatic carbocycles. The van der Waals surface area contributed by atoms with E-state index in [0.29, 0.717) is 11.8 Å². The summed E-state index contributed by atoms with van der Waals surface area (Å²) in [4.78, 5) is 0. The Morgan fingerprint density at radius 1 is 0.750 bits per heavy atom. The molecule has 0 radical (unpaired) electrons. The van der Waals surface area contributed by atoms with Gasteiger partial charge in [0.1, 0.15) is 0 Å². The van der Waals surface area contributed by atoms with Gasteiger partial charge in [0.05, 0.1) is 5.75 Å². The average Bonchev–Trinajstić information content (AvgIpc) is 2.39. The average molecular weight is 364 g/mol. The quantitative estimate of drug-likeness (QED) is 0.447. The molecule has 0 aromatic heterocycles. The van der Waals surface area contributed by atoms with Gasteiger partial charge in [-0.05, 0) is 49.4 Å². The second-order valence-corrected chi connectivity index (χ2v) is 10.8. The molecule has 0 aromatic rings. The lowest BCUT2D eigenvalue weighted by molar-refractivity contribution is 0.120. The van der Waals surface area contributed by atoms with E-state index in [1.807, 2.05) is 0 Å². The van der Waals surface area contributed by atoms with Crippen LogP contribution in [0.3, 0.4) is 0 Å². The van der Waals surface area contributed by atoms with Crippen LogP contribution in [0.1, 0.15) is 92.4 Å². The molecule has 24 heavy (non-hydrogen) atoms. The van der Waals surface area contributed by atoms with Crippen molar-refractivity contribution in [3.05, 3.63) is 0 Å². The van der Waals surface area contributed by atoms with Crippen molar-refractivity contribution in [1.82, 2.24) is 0 Å². The maximum Gasteiger partial charge on any atom is 0.209 e. The van der Waals surface area contributed by atoms with E-state index < -0.39 is 10.0 Å². The summed E-state index contributed by atoms with van der Waals surface area (Å²) in [7, 11) is -3.30. The van der Waals surface area contributed by atoms with Crippen molar-refractivity contribution >= 4 is 10.0 Å². The van der Waals surface area contributed by atoms with E-state index in [-0.39, 0.29) is 11.2 Å². The Balaban J connectivity index is 3.51. The van der Waals surface area contributed by atoms with Crippen LogP contribution in [0, 0.1) is 10.8 Å². The number of ether oxygens (including phenoxy) is 1. The molecule has 0 amide bonds. The van der Waals surface area contributed by atoms with E-state index in [0.717, 1.165) is 45.3 Å². The van der Waals surface area contributed by atoms with Crippen molar-refractivity contribution in [3.63, 3.8) is 0 Å². The predicted molar refractivity (Wildman–Crippen MR) is 104 cm³/mol. The SMILES string of the molecule is CC(C)(C)CCCCOCCCCC(C)(C)CCCCS(N)(=O)=O. The molecular weight excluding hydrogens is 322 g/mol. The van der Waals surface area contributed by atoms with E-state index in [1.54, 1.807) is 0 Å². The molecule has 0 spiro atoms. The molecule has 2 N–H and O–H groups in total. The Morgan fingerprint density at radius 3 is 1.67 bits per heavy atom. The van der Waals surface area contributed by atoms with Crippen LogP contribution in [0.5, 0.6) is 0 Å². The van der Waals surface area contributed by atoms with Gasteiger partial charge in [-0.3, -0.25) is 0 Å². The number of primary sulfonamides is 1. The molecule has 0 heterocycles. The van der Waals surface area contributed by atoms with Crippen LogP contribution < -0.4 is 5.14 Å². The maximum atomic E-state index is 10.9. The van der Waals surface area contributed by atoms with Crippen LogP contribution in [0.4, 0.5) is 0 Å². The highest BCUT2D eigenvalue weighted by Crippen LogP contribution is 2.29. The first-order valence-corrected chi connectivity index (χ1v) is 11.2. The summed E-state index contributed by atoms with van der Waals surface area (Å²) in [5.41, 5.74) is 0.699.